The first-order chi connectivity index (χ1) is 10.8. The zero-order valence-corrected chi connectivity index (χ0v) is 14.0. The molecule has 4 heteroatoms. The van der Waals surface area contributed by atoms with E-state index >= 15 is 0 Å². The van der Waals surface area contributed by atoms with Crippen molar-refractivity contribution in [3.63, 3.8) is 0 Å². The largest absolute Gasteiger partial charge is 0.343 e. The van der Waals surface area contributed by atoms with E-state index in [4.69, 9.17) is 0 Å². The summed E-state index contributed by atoms with van der Waals surface area (Å²) in [5.74, 6) is 0.298. The zero-order valence-electron chi connectivity index (χ0n) is 13.2. The van der Waals surface area contributed by atoms with Crippen molar-refractivity contribution < 1.29 is 4.79 Å². The Kier molecular flexibility index (Phi) is 5.11. The van der Waals surface area contributed by atoms with E-state index in [2.05, 4.69) is 35.0 Å². The first-order valence-electron chi connectivity index (χ1n) is 8.17. The molecule has 1 aliphatic heterocycles. The first kappa shape index (κ1) is 15.5. The van der Waals surface area contributed by atoms with E-state index < -0.39 is 0 Å². The summed E-state index contributed by atoms with van der Waals surface area (Å²) in [6, 6.07) is 8.95. The monoisotopic (exact) mass is 316 g/mol. The molecule has 2 aromatic rings. The van der Waals surface area contributed by atoms with E-state index in [0.29, 0.717) is 18.4 Å². The number of hydrogen-bond acceptors (Lipinski definition) is 3. The van der Waals surface area contributed by atoms with Gasteiger partial charge in [-0.1, -0.05) is 18.2 Å². The summed E-state index contributed by atoms with van der Waals surface area (Å²) in [7, 11) is 1.97. The number of piperidine rings is 1. The van der Waals surface area contributed by atoms with Gasteiger partial charge in [0.2, 0.25) is 5.91 Å². The van der Waals surface area contributed by atoms with Gasteiger partial charge < -0.3 is 10.2 Å². The number of nitrogens with zero attached hydrogens (tertiary/aromatic N) is 1. The number of carbonyl (C=O) groups is 1. The van der Waals surface area contributed by atoms with Gasteiger partial charge >= 0.3 is 0 Å². The Morgan fingerprint density at radius 2 is 2.09 bits per heavy atom. The minimum absolute atomic E-state index is 0.298. The number of amides is 1. The molecule has 1 N–H and O–H groups in total. The minimum Gasteiger partial charge on any atom is -0.343 e. The Morgan fingerprint density at radius 3 is 2.91 bits per heavy atom. The van der Waals surface area contributed by atoms with Crippen LogP contribution in [0.3, 0.4) is 0 Å². The summed E-state index contributed by atoms with van der Waals surface area (Å²) in [6.07, 6.45) is 4.75. The van der Waals surface area contributed by atoms with Crippen molar-refractivity contribution in [3.05, 3.63) is 35.2 Å². The zero-order chi connectivity index (χ0) is 15.4. The van der Waals surface area contributed by atoms with Gasteiger partial charge in [0, 0.05) is 24.2 Å². The van der Waals surface area contributed by atoms with Gasteiger partial charge in [-0.2, -0.15) is 0 Å². The highest BCUT2D eigenvalue weighted by Crippen LogP contribution is 2.26. The summed E-state index contributed by atoms with van der Waals surface area (Å²) >= 11 is 1.80. The fourth-order valence-electron chi connectivity index (χ4n) is 3.23. The third kappa shape index (κ3) is 3.50. The van der Waals surface area contributed by atoms with Crippen LogP contribution >= 0.6 is 11.3 Å². The average Bonchev–Trinajstić information content (AvgIpc) is 2.98. The van der Waals surface area contributed by atoms with Crippen LogP contribution in [0.5, 0.6) is 0 Å². The van der Waals surface area contributed by atoms with Gasteiger partial charge in [-0.3, -0.25) is 4.79 Å². The lowest BCUT2D eigenvalue weighted by molar-refractivity contribution is -0.132. The highest BCUT2D eigenvalue weighted by Gasteiger charge is 2.21. The van der Waals surface area contributed by atoms with Gasteiger partial charge in [0.1, 0.15) is 0 Å². The van der Waals surface area contributed by atoms with Crippen LogP contribution in [-0.4, -0.2) is 37.0 Å². The number of nitrogens with one attached hydrogen (secondary N) is 1. The van der Waals surface area contributed by atoms with Crippen LogP contribution in [0.4, 0.5) is 0 Å². The predicted molar refractivity (Wildman–Crippen MR) is 93.4 cm³/mol. The van der Waals surface area contributed by atoms with E-state index in [-0.39, 0.29) is 0 Å². The standard InChI is InChI=1S/C18H24N2OS/c1-20(15-9-11-19-12-10-15)18(21)8-4-5-14-13-22-17-7-3-2-6-16(14)17/h2-3,6-7,13,15,19H,4-5,8-12H2,1H3. The number of benzene rings is 1. The van der Waals surface area contributed by atoms with Gasteiger partial charge in [-0.25, -0.2) is 0 Å². The molecule has 2 heterocycles. The van der Waals surface area contributed by atoms with Crippen molar-refractivity contribution in [1.82, 2.24) is 10.2 Å². The first-order valence-corrected chi connectivity index (χ1v) is 9.05. The topological polar surface area (TPSA) is 32.3 Å². The van der Waals surface area contributed by atoms with Crippen LogP contribution in [-0.2, 0) is 11.2 Å². The van der Waals surface area contributed by atoms with Gasteiger partial charge in [0.25, 0.3) is 0 Å². The molecule has 1 aromatic heterocycles. The van der Waals surface area contributed by atoms with Crippen molar-refractivity contribution >= 4 is 27.3 Å². The molecule has 0 radical (unpaired) electrons. The maximum absolute atomic E-state index is 12.3. The SMILES string of the molecule is CN(C(=O)CCCc1csc2ccccc12)C1CCNCC1. The molecule has 1 aromatic carbocycles. The molecule has 1 amide bonds. The van der Waals surface area contributed by atoms with Crippen LogP contribution in [0.2, 0.25) is 0 Å². The second-order valence-electron chi connectivity index (χ2n) is 6.10. The smallest absolute Gasteiger partial charge is 0.222 e. The molecule has 0 atom stereocenters. The van der Waals surface area contributed by atoms with Crippen molar-refractivity contribution in [2.45, 2.75) is 38.1 Å². The summed E-state index contributed by atoms with van der Waals surface area (Å²) in [5, 5.41) is 6.95. The number of rotatable bonds is 5. The lowest BCUT2D eigenvalue weighted by Gasteiger charge is -2.31. The Hall–Kier alpha value is -1.39. The number of hydrogen-bond donors (Lipinski definition) is 1. The molecule has 0 unspecified atom stereocenters. The molecular weight excluding hydrogens is 292 g/mol. The van der Waals surface area contributed by atoms with Gasteiger partial charge in [-0.05, 0) is 61.2 Å². The van der Waals surface area contributed by atoms with Crippen molar-refractivity contribution in [1.29, 1.82) is 0 Å². The molecule has 1 aliphatic rings. The van der Waals surface area contributed by atoms with Crippen LogP contribution in [0.1, 0.15) is 31.2 Å². The molecule has 1 fully saturated rings. The Morgan fingerprint density at radius 1 is 1.32 bits per heavy atom. The maximum atomic E-state index is 12.3. The van der Waals surface area contributed by atoms with Crippen molar-refractivity contribution in [3.8, 4) is 0 Å². The van der Waals surface area contributed by atoms with Crippen LogP contribution in [0, 0.1) is 0 Å². The Labute approximate surface area is 136 Å². The lowest BCUT2D eigenvalue weighted by Crippen LogP contribution is -2.43. The van der Waals surface area contributed by atoms with E-state index in [1.54, 1.807) is 11.3 Å². The summed E-state index contributed by atoms with van der Waals surface area (Å²) in [4.78, 5) is 14.3. The van der Waals surface area contributed by atoms with Crippen LogP contribution in [0.15, 0.2) is 29.6 Å². The second-order valence-corrected chi connectivity index (χ2v) is 7.01. The number of thiophene rings is 1. The fraction of sp³-hybridized carbons (Fsp3) is 0.500. The van der Waals surface area contributed by atoms with Crippen molar-refractivity contribution in [2.24, 2.45) is 0 Å². The summed E-state index contributed by atoms with van der Waals surface area (Å²) < 4.78 is 1.34. The van der Waals surface area contributed by atoms with Gasteiger partial charge in [0.15, 0.2) is 0 Å². The van der Waals surface area contributed by atoms with E-state index in [1.165, 1.54) is 15.6 Å². The Balaban J connectivity index is 1.51. The van der Waals surface area contributed by atoms with E-state index in [0.717, 1.165) is 38.8 Å². The molecule has 22 heavy (non-hydrogen) atoms. The van der Waals surface area contributed by atoms with Gasteiger partial charge in [0.05, 0.1) is 0 Å². The molecule has 0 spiro atoms. The van der Waals surface area contributed by atoms with E-state index in [9.17, 15) is 4.79 Å². The molecule has 0 bridgehead atoms. The number of carbonyl (C=O) groups excluding carboxylic acids is 1. The maximum Gasteiger partial charge on any atom is 0.222 e. The highest BCUT2D eigenvalue weighted by molar-refractivity contribution is 7.17. The average molecular weight is 316 g/mol. The third-order valence-corrected chi connectivity index (χ3v) is 5.66. The fourth-order valence-corrected chi connectivity index (χ4v) is 4.23. The quantitative estimate of drug-likeness (QED) is 0.916. The third-order valence-electron chi connectivity index (χ3n) is 4.65. The number of fused-ring (bicyclic) bond motifs is 1. The molecule has 3 nitrogen and oxygen atoms in total. The van der Waals surface area contributed by atoms with E-state index in [1.807, 2.05) is 11.9 Å². The predicted octanol–water partition coefficient (Wildman–Crippen LogP) is 3.43. The molecule has 0 saturated carbocycles. The van der Waals surface area contributed by atoms with Crippen LogP contribution in [0.25, 0.3) is 10.1 Å². The summed E-state index contributed by atoms with van der Waals surface area (Å²) in [5.41, 5.74) is 1.39. The lowest BCUT2D eigenvalue weighted by atomic mass is 10.0. The number of aryl methyl sites for hydroxylation is 1. The molecule has 0 aliphatic carbocycles. The van der Waals surface area contributed by atoms with Crippen LogP contribution < -0.4 is 5.32 Å². The highest BCUT2D eigenvalue weighted by atomic mass is 32.1. The molecule has 118 valence electrons. The normalized spacial score (nSPS) is 16.0. The molecule has 3 rings (SSSR count). The Bertz CT molecular complexity index is 631. The second kappa shape index (κ2) is 7.25. The molecular formula is C18H24N2OS. The minimum atomic E-state index is 0.298. The van der Waals surface area contributed by atoms with Crippen molar-refractivity contribution in [2.75, 3.05) is 20.1 Å². The molecule has 1 saturated heterocycles. The summed E-state index contributed by atoms with van der Waals surface area (Å²) in [6.45, 7) is 2.06. The van der Waals surface area contributed by atoms with Gasteiger partial charge in [-0.15, -0.1) is 11.3 Å².